The number of anilines is 3. The second-order valence-corrected chi connectivity index (χ2v) is 11.0. The third-order valence-corrected chi connectivity index (χ3v) is 8.51. The summed E-state index contributed by atoms with van der Waals surface area (Å²) in [6.45, 7) is 3.72. The van der Waals surface area contributed by atoms with E-state index >= 15 is 0 Å². The number of nitrogens with zero attached hydrogens (tertiary/aromatic N) is 4. The fourth-order valence-electron chi connectivity index (χ4n) is 5.60. The normalized spacial score (nSPS) is 20.0. The number of hydrogen-bond donors (Lipinski definition) is 2. The zero-order valence-corrected chi connectivity index (χ0v) is 25.1. The zero-order valence-electron chi connectivity index (χ0n) is 23.6. The van der Waals surface area contributed by atoms with Crippen LogP contribution in [0.2, 0.25) is 10.0 Å². The number of nitrogens with one attached hydrogen (secondary N) is 2. The Balaban J connectivity index is 1.43. The number of carbonyl (C=O) groups excluding carboxylic acids is 2. The van der Waals surface area contributed by atoms with Crippen LogP contribution >= 0.6 is 23.2 Å². The van der Waals surface area contributed by atoms with Crippen LogP contribution in [0.5, 0.6) is 11.5 Å². The van der Waals surface area contributed by atoms with Gasteiger partial charge in [0.25, 0.3) is 0 Å². The first-order valence-corrected chi connectivity index (χ1v) is 14.3. The number of methoxy groups -OCH3 is 2. The molecule has 3 atom stereocenters. The molecule has 1 fully saturated rings. The van der Waals surface area contributed by atoms with Gasteiger partial charge in [-0.3, -0.25) is 14.6 Å². The van der Waals surface area contributed by atoms with Crippen molar-refractivity contribution in [1.82, 2.24) is 15.3 Å². The number of hydrogen-bond acceptors (Lipinski definition) is 7. The predicted molar refractivity (Wildman–Crippen MR) is 164 cm³/mol. The highest BCUT2D eigenvalue weighted by Gasteiger charge is 2.36. The van der Waals surface area contributed by atoms with Crippen LogP contribution in [-0.4, -0.2) is 55.3 Å². The molecule has 220 valence electrons. The van der Waals surface area contributed by atoms with E-state index < -0.39 is 0 Å². The van der Waals surface area contributed by atoms with Gasteiger partial charge in [-0.1, -0.05) is 60.1 Å². The average molecular weight is 612 g/mol. The minimum absolute atomic E-state index is 0.131. The second-order valence-electron chi connectivity index (χ2n) is 10.2. The topological polar surface area (TPSA) is 109 Å². The molecule has 2 N–H and O–H groups in total. The summed E-state index contributed by atoms with van der Waals surface area (Å²) >= 11 is 13.2. The number of amides is 3. The lowest BCUT2D eigenvalue weighted by Gasteiger charge is -2.38. The van der Waals surface area contributed by atoms with Crippen LogP contribution < -0.4 is 29.9 Å². The maximum absolute atomic E-state index is 13.6. The van der Waals surface area contributed by atoms with Crippen molar-refractivity contribution < 1.29 is 19.1 Å². The standard InChI is InChI=1S/C30H32Cl2N6O4/c1-5-24(39)34-20-12-11-18(17-9-7-6-8-10-17)13-21(20)35-29-33-15-19-16-38(30(40)37(2)28(19)36-29)27-25(31)22(41-3)14-23(42-4)26(27)32/h5-10,14-15,18,20-21H,1,11-13,16H2,2-4H3,(H,34,39)(H,33,35,36). The average Bonchev–Trinajstić information content (AvgIpc) is 3.01. The van der Waals surface area contributed by atoms with E-state index in [1.165, 1.54) is 35.7 Å². The van der Waals surface area contributed by atoms with Gasteiger partial charge in [-0.25, -0.2) is 9.78 Å². The zero-order chi connectivity index (χ0) is 30.0. The molecule has 1 aromatic heterocycles. The van der Waals surface area contributed by atoms with Crippen LogP contribution in [-0.2, 0) is 11.3 Å². The van der Waals surface area contributed by atoms with E-state index in [9.17, 15) is 9.59 Å². The van der Waals surface area contributed by atoms with Gasteiger partial charge in [-0.2, -0.15) is 4.98 Å². The monoisotopic (exact) mass is 610 g/mol. The number of ether oxygens (including phenoxy) is 2. The highest BCUT2D eigenvalue weighted by atomic mass is 35.5. The Kier molecular flexibility index (Phi) is 8.74. The quantitative estimate of drug-likeness (QED) is 0.310. The van der Waals surface area contributed by atoms with Gasteiger partial charge in [0, 0.05) is 37.0 Å². The van der Waals surface area contributed by atoms with Gasteiger partial charge in [0.1, 0.15) is 27.4 Å². The summed E-state index contributed by atoms with van der Waals surface area (Å²) in [5.41, 5.74) is 2.22. The van der Waals surface area contributed by atoms with Crippen molar-refractivity contribution in [2.75, 3.05) is 36.4 Å². The number of fused-ring (bicyclic) bond motifs is 1. The number of halogens is 2. The third-order valence-electron chi connectivity index (χ3n) is 7.77. The number of aromatic nitrogens is 2. The van der Waals surface area contributed by atoms with Crippen molar-refractivity contribution >= 4 is 52.6 Å². The van der Waals surface area contributed by atoms with Crippen molar-refractivity contribution in [2.45, 2.75) is 43.8 Å². The van der Waals surface area contributed by atoms with Crippen molar-refractivity contribution in [2.24, 2.45) is 0 Å². The lowest BCUT2D eigenvalue weighted by molar-refractivity contribution is -0.117. The predicted octanol–water partition coefficient (Wildman–Crippen LogP) is 5.80. The molecule has 1 saturated carbocycles. The molecule has 2 aliphatic rings. The number of benzene rings is 2. The van der Waals surface area contributed by atoms with E-state index in [1.807, 2.05) is 18.2 Å². The van der Waals surface area contributed by atoms with Crippen LogP contribution in [0.4, 0.5) is 22.2 Å². The molecule has 3 aromatic rings. The summed E-state index contributed by atoms with van der Waals surface area (Å²) in [5, 5.41) is 6.86. The van der Waals surface area contributed by atoms with Crippen molar-refractivity contribution in [3.8, 4) is 11.5 Å². The van der Waals surface area contributed by atoms with Crippen molar-refractivity contribution in [3.63, 3.8) is 0 Å². The van der Waals surface area contributed by atoms with Crippen molar-refractivity contribution in [3.05, 3.63) is 76.4 Å². The van der Waals surface area contributed by atoms with Gasteiger partial charge in [-0.05, 0) is 36.8 Å². The summed E-state index contributed by atoms with van der Waals surface area (Å²) in [4.78, 5) is 38.0. The van der Waals surface area contributed by atoms with E-state index in [-0.39, 0.29) is 46.3 Å². The molecule has 2 aromatic carbocycles. The Morgan fingerprint density at radius 3 is 2.43 bits per heavy atom. The summed E-state index contributed by atoms with van der Waals surface area (Å²) in [6.07, 6.45) is 5.43. The minimum atomic E-state index is -0.385. The van der Waals surface area contributed by atoms with E-state index in [1.54, 1.807) is 19.3 Å². The fraction of sp³-hybridized carbons (Fsp3) is 0.333. The molecule has 1 aliphatic heterocycles. The Bertz CT molecular complexity index is 1480. The summed E-state index contributed by atoms with van der Waals surface area (Å²) in [7, 11) is 4.58. The Hall–Kier alpha value is -4.02. The maximum atomic E-state index is 13.6. The van der Waals surface area contributed by atoms with Gasteiger partial charge in [0.05, 0.1) is 26.5 Å². The number of carbonyl (C=O) groups is 2. The number of urea groups is 1. The molecule has 10 nitrogen and oxygen atoms in total. The van der Waals surface area contributed by atoms with Crippen LogP contribution in [0.25, 0.3) is 0 Å². The SMILES string of the molecule is C=CC(=O)NC1CCC(c2ccccc2)CC1Nc1ncc2c(n1)N(C)C(=O)N(c1c(Cl)c(OC)cc(OC)c1Cl)C2. The smallest absolute Gasteiger partial charge is 0.330 e. The van der Waals surface area contributed by atoms with E-state index in [0.717, 1.165) is 19.3 Å². The summed E-state index contributed by atoms with van der Waals surface area (Å²) in [5.74, 6) is 1.54. The molecule has 2 heterocycles. The Labute approximate surface area is 254 Å². The lowest BCUT2D eigenvalue weighted by Crippen LogP contribution is -2.50. The fourth-order valence-corrected chi connectivity index (χ4v) is 6.31. The van der Waals surface area contributed by atoms with Crippen LogP contribution in [0.15, 0.2) is 55.3 Å². The molecule has 0 saturated heterocycles. The molecule has 3 unspecified atom stereocenters. The second kappa shape index (κ2) is 12.5. The lowest BCUT2D eigenvalue weighted by atomic mass is 9.78. The molecule has 5 rings (SSSR count). The molecule has 12 heteroatoms. The summed E-state index contributed by atoms with van der Waals surface area (Å²) < 4.78 is 10.8. The molecule has 1 aliphatic carbocycles. The summed E-state index contributed by atoms with van der Waals surface area (Å²) in [6, 6.07) is 11.2. The van der Waals surface area contributed by atoms with Gasteiger partial charge in [0.2, 0.25) is 11.9 Å². The van der Waals surface area contributed by atoms with Gasteiger partial charge in [0.15, 0.2) is 0 Å². The van der Waals surface area contributed by atoms with Gasteiger partial charge >= 0.3 is 6.03 Å². The molecule has 0 bridgehead atoms. The van der Waals surface area contributed by atoms with Crippen molar-refractivity contribution in [1.29, 1.82) is 0 Å². The molecule has 0 radical (unpaired) electrons. The third kappa shape index (κ3) is 5.69. The first-order valence-electron chi connectivity index (χ1n) is 13.5. The highest BCUT2D eigenvalue weighted by Crippen LogP contribution is 2.47. The first-order chi connectivity index (χ1) is 20.2. The van der Waals surface area contributed by atoms with E-state index in [2.05, 4.69) is 34.3 Å². The molecule has 3 amide bonds. The van der Waals surface area contributed by atoms with Crippen LogP contribution in [0, 0.1) is 0 Å². The molecular formula is C30H32Cl2N6O4. The Morgan fingerprint density at radius 2 is 1.79 bits per heavy atom. The van der Waals surface area contributed by atoms with Crippen LogP contribution in [0.3, 0.4) is 0 Å². The van der Waals surface area contributed by atoms with E-state index in [4.69, 9.17) is 37.7 Å². The minimum Gasteiger partial charge on any atom is -0.495 e. The molecule has 0 spiro atoms. The highest BCUT2D eigenvalue weighted by molar-refractivity contribution is 6.42. The van der Waals surface area contributed by atoms with Gasteiger partial charge in [-0.15, -0.1) is 0 Å². The Morgan fingerprint density at radius 1 is 1.10 bits per heavy atom. The molecular weight excluding hydrogens is 579 g/mol. The largest absolute Gasteiger partial charge is 0.495 e. The molecule has 42 heavy (non-hydrogen) atoms. The maximum Gasteiger partial charge on any atom is 0.330 e. The van der Waals surface area contributed by atoms with Crippen LogP contribution in [0.1, 0.15) is 36.3 Å². The number of rotatable bonds is 8. The van der Waals surface area contributed by atoms with E-state index in [0.29, 0.717) is 34.7 Å². The first kappa shape index (κ1) is 29.5. The van der Waals surface area contributed by atoms with Gasteiger partial charge < -0.3 is 20.1 Å².